The summed E-state index contributed by atoms with van der Waals surface area (Å²) in [5, 5.41) is 16.7. The molecule has 0 fully saturated rings. The topological polar surface area (TPSA) is 50.1 Å². The van der Waals surface area contributed by atoms with Gasteiger partial charge in [-0.25, -0.2) is 8.78 Å². The van der Waals surface area contributed by atoms with E-state index in [1.807, 2.05) is 0 Å². The van der Waals surface area contributed by atoms with Crippen molar-refractivity contribution in [3.05, 3.63) is 53.9 Å². The summed E-state index contributed by atoms with van der Waals surface area (Å²) in [5.74, 6) is -1.72. The van der Waals surface area contributed by atoms with Gasteiger partial charge in [0.2, 0.25) is 0 Å². The minimum Gasteiger partial charge on any atom is -0.390 e. The fourth-order valence-corrected chi connectivity index (χ4v) is 1.72. The van der Waals surface area contributed by atoms with Gasteiger partial charge in [-0.15, -0.1) is 0 Å². The molecule has 2 rings (SSSR count). The normalized spacial score (nSPS) is 12.6. The van der Waals surface area contributed by atoms with E-state index in [0.717, 1.165) is 12.1 Å². The monoisotopic (exact) mass is 267 g/mol. The van der Waals surface area contributed by atoms with Crippen LogP contribution in [0.15, 0.2) is 36.7 Å². The summed E-state index contributed by atoms with van der Waals surface area (Å²) in [7, 11) is 0. The van der Waals surface area contributed by atoms with E-state index in [4.69, 9.17) is 0 Å². The Morgan fingerprint density at radius 2 is 2.16 bits per heavy atom. The highest BCUT2D eigenvalue weighted by Crippen LogP contribution is 2.08. The van der Waals surface area contributed by atoms with Crippen LogP contribution in [0.25, 0.3) is 0 Å². The van der Waals surface area contributed by atoms with E-state index in [2.05, 4.69) is 10.4 Å². The van der Waals surface area contributed by atoms with Crippen molar-refractivity contribution >= 4 is 0 Å². The molecule has 2 N–H and O–H groups in total. The SMILES string of the molecule is OC(CNCc1ccc(F)c(F)c1)Cn1cccn1. The first-order valence-electron chi connectivity index (χ1n) is 5.95. The smallest absolute Gasteiger partial charge is 0.159 e. The lowest BCUT2D eigenvalue weighted by molar-refractivity contribution is 0.146. The fourth-order valence-electron chi connectivity index (χ4n) is 1.72. The average molecular weight is 267 g/mol. The van der Waals surface area contributed by atoms with Crippen LogP contribution in [0.4, 0.5) is 8.78 Å². The lowest BCUT2D eigenvalue weighted by Gasteiger charge is -2.12. The van der Waals surface area contributed by atoms with Crippen LogP contribution in [0.1, 0.15) is 5.56 Å². The summed E-state index contributed by atoms with van der Waals surface area (Å²) in [4.78, 5) is 0. The number of hydrogen-bond acceptors (Lipinski definition) is 3. The minimum atomic E-state index is -0.864. The van der Waals surface area contributed by atoms with Gasteiger partial charge in [-0.1, -0.05) is 6.07 Å². The first kappa shape index (κ1) is 13.6. The molecule has 0 aliphatic rings. The molecule has 1 aromatic carbocycles. The molecule has 1 atom stereocenters. The summed E-state index contributed by atoms with van der Waals surface area (Å²) in [5.41, 5.74) is 0.630. The number of rotatable bonds is 6. The van der Waals surface area contributed by atoms with E-state index in [0.29, 0.717) is 25.2 Å². The molecule has 6 heteroatoms. The van der Waals surface area contributed by atoms with Gasteiger partial charge in [0, 0.05) is 25.5 Å². The number of aliphatic hydroxyl groups is 1. The Hall–Kier alpha value is -1.79. The maximum Gasteiger partial charge on any atom is 0.159 e. The van der Waals surface area contributed by atoms with Crippen molar-refractivity contribution in [1.29, 1.82) is 0 Å². The van der Waals surface area contributed by atoms with E-state index < -0.39 is 17.7 Å². The van der Waals surface area contributed by atoms with Gasteiger partial charge < -0.3 is 10.4 Å². The number of nitrogens with one attached hydrogen (secondary N) is 1. The largest absolute Gasteiger partial charge is 0.390 e. The van der Waals surface area contributed by atoms with E-state index >= 15 is 0 Å². The van der Waals surface area contributed by atoms with Gasteiger partial charge in [-0.3, -0.25) is 4.68 Å². The highest BCUT2D eigenvalue weighted by Gasteiger charge is 2.06. The Bertz CT molecular complexity index is 517. The van der Waals surface area contributed by atoms with Gasteiger partial charge >= 0.3 is 0 Å². The maximum atomic E-state index is 13.0. The van der Waals surface area contributed by atoms with Crippen LogP contribution in [-0.4, -0.2) is 27.5 Å². The number of hydrogen-bond donors (Lipinski definition) is 2. The predicted octanol–water partition coefficient (Wildman–Crippen LogP) is 1.31. The van der Waals surface area contributed by atoms with Crippen molar-refractivity contribution in [2.75, 3.05) is 6.54 Å². The molecule has 1 unspecified atom stereocenters. The van der Waals surface area contributed by atoms with E-state index in [1.165, 1.54) is 6.07 Å². The van der Waals surface area contributed by atoms with Gasteiger partial charge in [0.15, 0.2) is 11.6 Å². The van der Waals surface area contributed by atoms with Crippen molar-refractivity contribution in [1.82, 2.24) is 15.1 Å². The molecule has 1 aromatic heterocycles. The Morgan fingerprint density at radius 1 is 1.32 bits per heavy atom. The van der Waals surface area contributed by atoms with Crippen LogP contribution in [0.2, 0.25) is 0 Å². The summed E-state index contributed by atoms with van der Waals surface area (Å²) in [6.45, 7) is 1.10. The van der Waals surface area contributed by atoms with Crippen LogP contribution >= 0.6 is 0 Å². The Labute approximate surface area is 109 Å². The molecular formula is C13H15F2N3O. The second-order valence-electron chi connectivity index (χ2n) is 4.26. The summed E-state index contributed by atoms with van der Waals surface area (Å²) >= 11 is 0. The molecule has 0 radical (unpaired) electrons. The zero-order valence-electron chi connectivity index (χ0n) is 10.3. The fraction of sp³-hybridized carbons (Fsp3) is 0.308. The molecule has 102 valence electrons. The van der Waals surface area contributed by atoms with Gasteiger partial charge in [-0.05, 0) is 23.8 Å². The maximum absolute atomic E-state index is 13.0. The third kappa shape index (κ3) is 4.11. The number of nitrogens with zero attached hydrogens (tertiary/aromatic N) is 2. The molecule has 0 spiro atoms. The van der Waals surface area contributed by atoms with Crippen LogP contribution < -0.4 is 5.32 Å². The molecule has 0 saturated heterocycles. The lowest BCUT2D eigenvalue weighted by atomic mass is 10.2. The number of benzene rings is 1. The standard InChI is InChI=1S/C13H15F2N3O/c14-12-3-2-10(6-13(12)15)7-16-8-11(19)9-18-5-1-4-17-18/h1-6,11,16,19H,7-9H2. The third-order valence-corrected chi connectivity index (χ3v) is 2.65. The second kappa shape index (κ2) is 6.40. The van der Waals surface area contributed by atoms with E-state index in [-0.39, 0.29) is 0 Å². The van der Waals surface area contributed by atoms with Crippen LogP contribution in [0.5, 0.6) is 0 Å². The quantitative estimate of drug-likeness (QED) is 0.829. The first-order chi connectivity index (χ1) is 9.15. The molecule has 19 heavy (non-hydrogen) atoms. The van der Waals surface area contributed by atoms with Crippen molar-refractivity contribution in [3.63, 3.8) is 0 Å². The Balaban J connectivity index is 1.75. The van der Waals surface area contributed by atoms with Gasteiger partial charge in [0.1, 0.15) is 0 Å². The van der Waals surface area contributed by atoms with Gasteiger partial charge in [0.25, 0.3) is 0 Å². The van der Waals surface area contributed by atoms with Crippen molar-refractivity contribution in [2.45, 2.75) is 19.2 Å². The Kier molecular flexibility index (Phi) is 4.59. The average Bonchev–Trinajstić information content (AvgIpc) is 2.86. The van der Waals surface area contributed by atoms with E-state index in [1.54, 1.807) is 23.1 Å². The molecule has 0 aliphatic carbocycles. The zero-order valence-corrected chi connectivity index (χ0v) is 10.3. The molecule has 0 amide bonds. The summed E-state index contributed by atoms with van der Waals surface area (Å²) < 4.78 is 27.3. The van der Waals surface area contributed by atoms with Crippen molar-refractivity contribution in [2.24, 2.45) is 0 Å². The highest BCUT2D eigenvalue weighted by molar-refractivity contribution is 5.17. The summed E-state index contributed by atoms with van der Waals surface area (Å²) in [6, 6.07) is 5.52. The second-order valence-corrected chi connectivity index (χ2v) is 4.26. The van der Waals surface area contributed by atoms with Gasteiger partial charge in [0.05, 0.1) is 12.6 Å². The first-order valence-corrected chi connectivity index (χ1v) is 5.95. The number of halogens is 2. The molecule has 2 aromatic rings. The highest BCUT2D eigenvalue weighted by atomic mass is 19.2. The number of aromatic nitrogens is 2. The lowest BCUT2D eigenvalue weighted by Crippen LogP contribution is -2.30. The minimum absolute atomic E-state index is 0.346. The molecule has 0 aliphatic heterocycles. The molecule has 0 bridgehead atoms. The number of aliphatic hydroxyl groups excluding tert-OH is 1. The zero-order chi connectivity index (χ0) is 13.7. The molecule has 0 saturated carbocycles. The van der Waals surface area contributed by atoms with Crippen LogP contribution in [0.3, 0.4) is 0 Å². The Morgan fingerprint density at radius 3 is 2.84 bits per heavy atom. The third-order valence-electron chi connectivity index (χ3n) is 2.65. The van der Waals surface area contributed by atoms with E-state index in [9.17, 15) is 13.9 Å². The summed E-state index contributed by atoms with van der Waals surface area (Å²) in [6.07, 6.45) is 2.81. The van der Waals surface area contributed by atoms with Crippen molar-refractivity contribution in [3.8, 4) is 0 Å². The molecule has 1 heterocycles. The van der Waals surface area contributed by atoms with Gasteiger partial charge in [-0.2, -0.15) is 5.10 Å². The molecular weight excluding hydrogens is 252 g/mol. The predicted molar refractivity (Wildman–Crippen MR) is 66.3 cm³/mol. The molecule has 4 nitrogen and oxygen atoms in total. The van der Waals surface area contributed by atoms with Crippen molar-refractivity contribution < 1.29 is 13.9 Å². The van der Waals surface area contributed by atoms with Crippen LogP contribution in [-0.2, 0) is 13.1 Å². The van der Waals surface area contributed by atoms with Crippen LogP contribution in [0, 0.1) is 11.6 Å².